The molecule has 0 amide bonds. The number of methoxy groups -OCH3 is 1. The van der Waals surface area contributed by atoms with Gasteiger partial charge in [0.15, 0.2) is 5.17 Å². The van der Waals surface area contributed by atoms with Crippen molar-refractivity contribution in [1.29, 1.82) is 0 Å². The minimum atomic E-state index is -0.303. The number of hydrogen-bond acceptors (Lipinski definition) is 4. The molecule has 0 aromatic heterocycles. The maximum Gasteiger partial charge on any atom is 0.334 e. The van der Waals surface area contributed by atoms with Crippen molar-refractivity contribution in [2.24, 2.45) is 10.7 Å². The highest BCUT2D eigenvalue weighted by Crippen LogP contribution is 2.10. The van der Waals surface area contributed by atoms with Gasteiger partial charge in [0.2, 0.25) is 0 Å². The minimum Gasteiger partial charge on any atom is -0.466 e. The van der Waals surface area contributed by atoms with Gasteiger partial charge < -0.3 is 10.5 Å². The van der Waals surface area contributed by atoms with Crippen LogP contribution < -0.4 is 5.73 Å². The van der Waals surface area contributed by atoms with E-state index in [2.05, 4.69) is 9.73 Å². The average Bonchev–Trinajstić information content (AvgIpc) is 2.22. The Morgan fingerprint density at radius 1 is 1.64 bits per heavy atom. The van der Waals surface area contributed by atoms with Gasteiger partial charge >= 0.3 is 5.97 Å². The molecular formula is C9H16N2O2S. The SMILES string of the molecule is CC/C=C(\CSC(N)=NC)C(=O)OC. The summed E-state index contributed by atoms with van der Waals surface area (Å²) in [5, 5.41) is 0.468. The monoisotopic (exact) mass is 216 g/mol. The number of carbonyl (C=O) groups excluding carboxylic acids is 1. The maximum atomic E-state index is 11.2. The predicted molar refractivity (Wildman–Crippen MR) is 60.4 cm³/mol. The highest BCUT2D eigenvalue weighted by molar-refractivity contribution is 8.13. The summed E-state index contributed by atoms with van der Waals surface area (Å²) in [6, 6.07) is 0. The molecule has 0 heterocycles. The van der Waals surface area contributed by atoms with Crippen LogP contribution >= 0.6 is 11.8 Å². The summed E-state index contributed by atoms with van der Waals surface area (Å²) in [4.78, 5) is 15.0. The van der Waals surface area contributed by atoms with E-state index in [9.17, 15) is 4.79 Å². The van der Waals surface area contributed by atoms with Crippen molar-refractivity contribution in [2.45, 2.75) is 13.3 Å². The van der Waals surface area contributed by atoms with Crippen LogP contribution in [0.5, 0.6) is 0 Å². The molecule has 0 aliphatic rings. The number of amidine groups is 1. The lowest BCUT2D eigenvalue weighted by Gasteiger charge is -2.04. The normalized spacial score (nSPS) is 12.8. The molecule has 0 rings (SSSR count). The first-order valence-corrected chi connectivity index (χ1v) is 5.26. The zero-order valence-electron chi connectivity index (χ0n) is 8.74. The Balaban J connectivity index is 4.26. The van der Waals surface area contributed by atoms with Crippen molar-refractivity contribution < 1.29 is 9.53 Å². The summed E-state index contributed by atoms with van der Waals surface area (Å²) in [5.41, 5.74) is 6.12. The van der Waals surface area contributed by atoms with Crippen LogP contribution in [0.3, 0.4) is 0 Å². The summed E-state index contributed by atoms with van der Waals surface area (Å²) in [6.45, 7) is 1.96. The van der Waals surface area contributed by atoms with E-state index >= 15 is 0 Å². The van der Waals surface area contributed by atoms with Crippen LogP contribution in [0.2, 0.25) is 0 Å². The van der Waals surface area contributed by atoms with Gasteiger partial charge in [-0.1, -0.05) is 24.8 Å². The molecule has 0 saturated heterocycles. The number of ether oxygens (including phenoxy) is 1. The maximum absolute atomic E-state index is 11.2. The van der Waals surface area contributed by atoms with Crippen LogP contribution in [0.25, 0.3) is 0 Å². The van der Waals surface area contributed by atoms with Gasteiger partial charge in [0.25, 0.3) is 0 Å². The fourth-order valence-electron chi connectivity index (χ4n) is 0.795. The Labute approximate surface area is 88.6 Å². The lowest BCUT2D eigenvalue weighted by molar-refractivity contribution is -0.136. The lowest BCUT2D eigenvalue weighted by atomic mass is 10.2. The fraction of sp³-hybridized carbons (Fsp3) is 0.556. The van der Waals surface area contributed by atoms with E-state index in [4.69, 9.17) is 5.73 Å². The van der Waals surface area contributed by atoms with E-state index in [1.165, 1.54) is 18.9 Å². The molecule has 5 heteroatoms. The Hall–Kier alpha value is -0.970. The second-order valence-corrected chi connectivity index (χ2v) is 3.48. The Kier molecular flexibility index (Phi) is 6.92. The summed E-state index contributed by atoms with van der Waals surface area (Å²) in [5.74, 6) is 0.201. The summed E-state index contributed by atoms with van der Waals surface area (Å²) >= 11 is 1.33. The quantitative estimate of drug-likeness (QED) is 0.331. The molecule has 0 aliphatic carbocycles. The molecule has 4 nitrogen and oxygen atoms in total. The van der Waals surface area contributed by atoms with Crippen molar-refractivity contribution in [1.82, 2.24) is 0 Å². The number of allylic oxidation sites excluding steroid dienone is 1. The van der Waals surface area contributed by atoms with Crippen molar-refractivity contribution in [3.8, 4) is 0 Å². The Morgan fingerprint density at radius 3 is 2.71 bits per heavy atom. The predicted octanol–water partition coefficient (Wildman–Crippen LogP) is 1.17. The molecule has 0 bridgehead atoms. The van der Waals surface area contributed by atoms with Crippen LogP contribution in [0.4, 0.5) is 0 Å². The van der Waals surface area contributed by atoms with E-state index in [1.54, 1.807) is 7.05 Å². The molecule has 0 radical (unpaired) electrons. The van der Waals surface area contributed by atoms with E-state index < -0.39 is 0 Å². The number of rotatable bonds is 4. The molecule has 0 atom stereocenters. The van der Waals surface area contributed by atoms with Crippen LogP contribution in [-0.2, 0) is 9.53 Å². The van der Waals surface area contributed by atoms with Crippen molar-refractivity contribution in [3.63, 3.8) is 0 Å². The van der Waals surface area contributed by atoms with Gasteiger partial charge in [-0.05, 0) is 6.42 Å². The summed E-state index contributed by atoms with van der Waals surface area (Å²) < 4.78 is 4.63. The van der Waals surface area contributed by atoms with Gasteiger partial charge in [-0.15, -0.1) is 0 Å². The van der Waals surface area contributed by atoms with Crippen molar-refractivity contribution >= 4 is 22.9 Å². The Bertz CT molecular complexity index is 249. The molecule has 0 unspecified atom stereocenters. The molecule has 0 saturated carbocycles. The van der Waals surface area contributed by atoms with Crippen molar-refractivity contribution in [3.05, 3.63) is 11.6 Å². The van der Waals surface area contributed by atoms with E-state index in [1.807, 2.05) is 13.0 Å². The van der Waals surface area contributed by atoms with Crippen molar-refractivity contribution in [2.75, 3.05) is 19.9 Å². The van der Waals surface area contributed by atoms with Gasteiger partial charge in [0, 0.05) is 18.4 Å². The van der Waals surface area contributed by atoms with Crippen LogP contribution in [0, 0.1) is 0 Å². The molecule has 0 aliphatic heterocycles. The highest BCUT2D eigenvalue weighted by Gasteiger charge is 2.09. The summed E-state index contributed by atoms with van der Waals surface area (Å²) in [7, 11) is 2.98. The zero-order chi connectivity index (χ0) is 11.0. The fourth-order valence-corrected chi connectivity index (χ4v) is 1.46. The number of nitrogens with two attached hydrogens (primary N) is 1. The summed E-state index contributed by atoms with van der Waals surface area (Å²) in [6.07, 6.45) is 2.63. The average molecular weight is 216 g/mol. The van der Waals surface area contributed by atoms with Gasteiger partial charge in [0.05, 0.1) is 7.11 Å². The molecule has 2 N–H and O–H groups in total. The van der Waals surface area contributed by atoms with E-state index in [0.29, 0.717) is 16.5 Å². The molecule has 0 aromatic carbocycles. The van der Waals surface area contributed by atoms with E-state index in [-0.39, 0.29) is 5.97 Å². The van der Waals surface area contributed by atoms with Gasteiger partial charge in [-0.3, -0.25) is 4.99 Å². The smallest absolute Gasteiger partial charge is 0.334 e. The minimum absolute atomic E-state index is 0.303. The first kappa shape index (κ1) is 13.0. The largest absolute Gasteiger partial charge is 0.466 e. The molecule has 14 heavy (non-hydrogen) atoms. The van der Waals surface area contributed by atoms with Gasteiger partial charge in [-0.2, -0.15) is 0 Å². The zero-order valence-corrected chi connectivity index (χ0v) is 9.56. The van der Waals surface area contributed by atoms with Gasteiger partial charge in [0.1, 0.15) is 0 Å². The number of carbonyl (C=O) groups is 1. The second-order valence-electron chi connectivity index (χ2n) is 2.48. The standard InChI is InChI=1S/C9H16N2O2S/c1-4-5-7(8(12)13-3)6-14-9(10)11-2/h5H,4,6H2,1-3H3,(H2,10,11)/b7-5+. The molecule has 0 spiro atoms. The molecule has 0 fully saturated rings. The lowest BCUT2D eigenvalue weighted by Crippen LogP contribution is -2.12. The first-order chi connectivity index (χ1) is 6.65. The van der Waals surface area contributed by atoms with E-state index in [0.717, 1.165) is 6.42 Å². The van der Waals surface area contributed by atoms with Crippen LogP contribution in [0.1, 0.15) is 13.3 Å². The number of nitrogens with zero attached hydrogens (tertiary/aromatic N) is 1. The van der Waals surface area contributed by atoms with Gasteiger partial charge in [-0.25, -0.2) is 4.79 Å². The number of hydrogen-bond donors (Lipinski definition) is 1. The number of thioether (sulfide) groups is 1. The molecule has 80 valence electrons. The Morgan fingerprint density at radius 2 is 2.29 bits per heavy atom. The van der Waals surface area contributed by atoms with Crippen LogP contribution in [-0.4, -0.2) is 31.0 Å². The second kappa shape index (κ2) is 7.44. The number of esters is 1. The third-order valence-corrected chi connectivity index (χ3v) is 2.43. The molecular weight excluding hydrogens is 200 g/mol. The van der Waals surface area contributed by atoms with Crippen LogP contribution in [0.15, 0.2) is 16.6 Å². The first-order valence-electron chi connectivity index (χ1n) is 4.28. The third kappa shape index (κ3) is 4.91. The highest BCUT2D eigenvalue weighted by atomic mass is 32.2. The number of aliphatic imine (C=N–C) groups is 1. The molecule has 0 aromatic rings. The third-order valence-electron chi connectivity index (χ3n) is 1.49. The topological polar surface area (TPSA) is 64.7 Å².